The summed E-state index contributed by atoms with van der Waals surface area (Å²) in [6, 6.07) is 6.93. The molecular formula is C22H37N3O4S2. The van der Waals surface area contributed by atoms with Crippen molar-refractivity contribution in [1.29, 1.82) is 0 Å². The number of nitrogens with zero attached hydrogens (tertiary/aromatic N) is 2. The van der Waals surface area contributed by atoms with Gasteiger partial charge in [-0.1, -0.05) is 51.3 Å². The average molecular weight is 472 g/mol. The predicted octanol–water partition coefficient (Wildman–Crippen LogP) is 2.71. The summed E-state index contributed by atoms with van der Waals surface area (Å²) in [5.41, 5.74) is 5.27. The second-order valence-corrected chi connectivity index (χ2v) is 9.93. The van der Waals surface area contributed by atoms with Crippen molar-refractivity contribution in [2.75, 3.05) is 31.9 Å². The number of Topliss-reactive ketones (excluding diaryl/α,β-unsaturated/α-hetero) is 1. The molecule has 0 aliphatic heterocycles. The van der Waals surface area contributed by atoms with E-state index >= 15 is 0 Å². The van der Waals surface area contributed by atoms with Crippen LogP contribution in [0.2, 0.25) is 0 Å². The van der Waals surface area contributed by atoms with Crippen LogP contribution in [-0.4, -0.2) is 67.3 Å². The monoisotopic (exact) mass is 471 g/mol. The van der Waals surface area contributed by atoms with Gasteiger partial charge < -0.3 is 10.6 Å². The number of nitrogens with two attached hydrogens (primary N) is 1. The minimum Gasteiger partial charge on any atom is -0.363 e. The molecular weight excluding hydrogens is 434 g/mol. The molecule has 0 saturated heterocycles. The number of primary amides is 1. The van der Waals surface area contributed by atoms with Crippen molar-refractivity contribution in [3.8, 4) is 0 Å². The van der Waals surface area contributed by atoms with Gasteiger partial charge in [0.15, 0.2) is 0 Å². The molecule has 1 atom stereocenters. The number of amides is 1. The van der Waals surface area contributed by atoms with Crippen molar-refractivity contribution in [2.45, 2.75) is 63.3 Å². The number of ketones is 1. The first-order chi connectivity index (χ1) is 14.8. The SMILES string of the molecule is CCCCC(C(=O)C(N)=O)N(CCCN(CCS)CCCC)S(=O)(=O)c1ccccc1. The van der Waals surface area contributed by atoms with E-state index in [4.69, 9.17) is 5.73 Å². The Hall–Kier alpha value is -1.42. The number of carbonyl (C=O) groups is 2. The highest BCUT2D eigenvalue weighted by Gasteiger charge is 2.37. The zero-order valence-electron chi connectivity index (χ0n) is 18.7. The molecule has 0 aliphatic rings. The van der Waals surface area contributed by atoms with Gasteiger partial charge in [0, 0.05) is 18.8 Å². The van der Waals surface area contributed by atoms with Gasteiger partial charge >= 0.3 is 0 Å². The Labute approximate surface area is 192 Å². The van der Waals surface area contributed by atoms with Crippen LogP contribution in [0.25, 0.3) is 0 Å². The predicted molar refractivity (Wildman–Crippen MR) is 128 cm³/mol. The Balaban J connectivity index is 3.16. The van der Waals surface area contributed by atoms with Crippen molar-refractivity contribution < 1.29 is 18.0 Å². The van der Waals surface area contributed by atoms with Crippen molar-refractivity contribution in [1.82, 2.24) is 9.21 Å². The number of hydrogen-bond donors (Lipinski definition) is 2. The molecule has 31 heavy (non-hydrogen) atoms. The summed E-state index contributed by atoms with van der Waals surface area (Å²) >= 11 is 4.31. The third kappa shape index (κ3) is 8.92. The molecule has 0 heterocycles. The highest BCUT2D eigenvalue weighted by Crippen LogP contribution is 2.22. The number of rotatable bonds is 17. The van der Waals surface area contributed by atoms with Gasteiger partial charge in [0.1, 0.15) is 0 Å². The lowest BCUT2D eigenvalue weighted by Gasteiger charge is -2.30. The number of sulfonamides is 1. The van der Waals surface area contributed by atoms with Gasteiger partial charge in [0.2, 0.25) is 15.8 Å². The summed E-state index contributed by atoms with van der Waals surface area (Å²) in [6.07, 6.45) is 4.32. The fraction of sp³-hybridized carbons (Fsp3) is 0.636. The van der Waals surface area contributed by atoms with Gasteiger partial charge in [-0.25, -0.2) is 8.42 Å². The average Bonchev–Trinajstić information content (AvgIpc) is 2.76. The van der Waals surface area contributed by atoms with E-state index in [2.05, 4.69) is 24.5 Å². The summed E-state index contributed by atoms with van der Waals surface area (Å²) in [4.78, 5) is 26.7. The molecule has 0 fully saturated rings. The van der Waals surface area contributed by atoms with E-state index in [0.29, 0.717) is 19.4 Å². The minimum absolute atomic E-state index is 0.104. The maximum Gasteiger partial charge on any atom is 0.286 e. The molecule has 0 saturated carbocycles. The van der Waals surface area contributed by atoms with Crippen LogP contribution in [0.5, 0.6) is 0 Å². The van der Waals surface area contributed by atoms with Crippen molar-refractivity contribution in [3.63, 3.8) is 0 Å². The number of benzene rings is 1. The molecule has 0 radical (unpaired) electrons. The molecule has 0 bridgehead atoms. The number of hydrogen-bond acceptors (Lipinski definition) is 6. The smallest absolute Gasteiger partial charge is 0.286 e. The lowest BCUT2D eigenvalue weighted by atomic mass is 10.0. The number of thiol groups is 1. The third-order valence-electron chi connectivity index (χ3n) is 5.17. The van der Waals surface area contributed by atoms with Gasteiger partial charge in [0.05, 0.1) is 10.9 Å². The Kier molecular flexibility index (Phi) is 13.0. The van der Waals surface area contributed by atoms with Crippen LogP contribution in [0.15, 0.2) is 35.2 Å². The lowest BCUT2D eigenvalue weighted by Crippen LogP contribution is -2.49. The van der Waals surface area contributed by atoms with Crippen LogP contribution < -0.4 is 5.73 Å². The van der Waals surface area contributed by atoms with E-state index in [-0.39, 0.29) is 17.9 Å². The van der Waals surface area contributed by atoms with Gasteiger partial charge in [-0.15, -0.1) is 0 Å². The summed E-state index contributed by atoms with van der Waals surface area (Å²) < 4.78 is 28.1. The third-order valence-corrected chi connectivity index (χ3v) is 7.29. The van der Waals surface area contributed by atoms with Crippen molar-refractivity contribution >= 4 is 34.3 Å². The molecule has 1 amide bonds. The molecule has 1 rings (SSSR count). The van der Waals surface area contributed by atoms with Gasteiger partial charge in [0.25, 0.3) is 5.91 Å². The van der Waals surface area contributed by atoms with Crippen LogP contribution in [-0.2, 0) is 19.6 Å². The van der Waals surface area contributed by atoms with E-state index in [1.165, 1.54) is 16.4 Å². The van der Waals surface area contributed by atoms with Gasteiger partial charge in [-0.05, 0) is 44.5 Å². The molecule has 2 N–H and O–H groups in total. The van der Waals surface area contributed by atoms with Crippen LogP contribution in [0, 0.1) is 0 Å². The Morgan fingerprint density at radius 3 is 2.13 bits per heavy atom. The zero-order valence-corrected chi connectivity index (χ0v) is 20.4. The molecule has 7 nitrogen and oxygen atoms in total. The highest BCUT2D eigenvalue weighted by atomic mass is 32.2. The summed E-state index contributed by atoms with van der Waals surface area (Å²) in [5.74, 6) is -1.24. The first kappa shape index (κ1) is 27.6. The Bertz CT molecular complexity index is 772. The first-order valence-corrected chi connectivity index (χ1v) is 13.1. The Morgan fingerprint density at radius 2 is 1.58 bits per heavy atom. The van der Waals surface area contributed by atoms with E-state index in [0.717, 1.165) is 38.1 Å². The molecule has 1 unspecified atom stereocenters. The van der Waals surface area contributed by atoms with Gasteiger partial charge in [-0.2, -0.15) is 16.9 Å². The highest BCUT2D eigenvalue weighted by molar-refractivity contribution is 7.89. The second kappa shape index (κ2) is 14.6. The fourth-order valence-electron chi connectivity index (χ4n) is 3.45. The maximum atomic E-state index is 13.4. The molecule has 176 valence electrons. The fourth-order valence-corrected chi connectivity index (χ4v) is 5.41. The van der Waals surface area contributed by atoms with E-state index in [1.54, 1.807) is 18.2 Å². The molecule has 1 aromatic rings. The molecule has 1 aromatic carbocycles. The largest absolute Gasteiger partial charge is 0.363 e. The van der Waals surface area contributed by atoms with Crippen LogP contribution in [0.1, 0.15) is 52.4 Å². The van der Waals surface area contributed by atoms with E-state index < -0.39 is 27.8 Å². The van der Waals surface area contributed by atoms with Crippen LogP contribution in [0.4, 0.5) is 0 Å². The van der Waals surface area contributed by atoms with Crippen LogP contribution >= 0.6 is 12.6 Å². The number of carbonyl (C=O) groups excluding carboxylic acids is 2. The molecule has 0 aliphatic carbocycles. The van der Waals surface area contributed by atoms with Crippen LogP contribution in [0.3, 0.4) is 0 Å². The molecule has 9 heteroatoms. The second-order valence-electron chi connectivity index (χ2n) is 7.59. The zero-order chi connectivity index (χ0) is 23.3. The molecule has 0 spiro atoms. The molecule has 0 aromatic heterocycles. The van der Waals surface area contributed by atoms with E-state index in [1.807, 2.05) is 6.92 Å². The summed E-state index contributed by atoms with van der Waals surface area (Å²) in [5, 5.41) is 0. The minimum atomic E-state index is -3.97. The van der Waals surface area contributed by atoms with E-state index in [9.17, 15) is 18.0 Å². The quantitative estimate of drug-likeness (QED) is 0.269. The van der Waals surface area contributed by atoms with Crippen molar-refractivity contribution in [3.05, 3.63) is 30.3 Å². The topological polar surface area (TPSA) is 101 Å². The Morgan fingerprint density at radius 1 is 0.968 bits per heavy atom. The number of unbranched alkanes of at least 4 members (excludes halogenated alkanes) is 2. The maximum absolute atomic E-state index is 13.4. The van der Waals surface area contributed by atoms with Gasteiger partial charge in [-0.3, -0.25) is 9.59 Å². The summed E-state index contributed by atoms with van der Waals surface area (Å²) in [7, 11) is -3.97. The first-order valence-electron chi connectivity index (χ1n) is 11.0. The summed E-state index contributed by atoms with van der Waals surface area (Å²) in [6.45, 7) is 6.63. The lowest BCUT2D eigenvalue weighted by molar-refractivity contribution is -0.138. The van der Waals surface area contributed by atoms with Crippen molar-refractivity contribution in [2.24, 2.45) is 5.73 Å². The standard InChI is InChI=1S/C22H37N3O4S2/c1-3-5-13-20(21(26)22(23)27)25(31(28,29)19-11-8-7-9-12-19)16-10-15-24(17-18-30)14-6-4-2/h7-9,11-12,20,30H,3-6,10,13-18H2,1-2H3,(H2,23,27). The normalized spacial score (nSPS) is 12.9.